The number of carbonyl (C=O) groups excluding carboxylic acids is 1. The van der Waals surface area contributed by atoms with Gasteiger partial charge in [0.1, 0.15) is 0 Å². The van der Waals surface area contributed by atoms with Crippen LogP contribution in [0, 0.1) is 12.8 Å². The predicted octanol–water partition coefficient (Wildman–Crippen LogP) is 5.27. The summed E-state index contributed by atoms with van der Waals surface area (Å²) in [5.74, 6) is 0.774. The summed E-state index contributed by atoms with van der Waals surface area (Å²) >= 11 is 0. The number of hydrogen-bond acceptors (Lipinski definition) is 1. The Kier molecular flexibility index (Phi) is 5.84. The van der Waals surface area contributed by atoms with Crippen LogP contribution in [0.5, 0.6) is 0 Å². The second kappa shape index (κ2) is 8.69. The van der Waals surface area contributed by atoms with Gasteiger partial charge in [-0.1, -0.05) is 37.3 Å². The van der Waals surface area contributed by atoms with Gasteiger partial charge in [0.15, 0.2) is 0 Å². The molecule has 2 aromatic carbocycles. The summed E-state index contributed by atoms with van der Waals surface area (Å²) in [5, 5.41) is 3.04. The van der Waals surface area contributed by atoms with Crippen LogP contribution in [0.1, 0.15) is 52.6 Å². The minimum atomic E-state index is 0.00435. The molecule has 3 aromatic rings. The van der Waals surface area contributed by atoms with Crippen LogP contribution in [0.3, 0.4) is 0 Å². The van der Waals surface area contributed by atoms with Gasteiger partial charge < -0.3 is 9.88 Å². The van der Waals surface area contributed by atoms with E-state index in [4.69, 9.17) is 0 Å². The van der Waals surface area contributed by atoms with Crippen LogP contribution in [-0.4, -0.2) is 17.0 Å². The molecule has 1 heterocycles. The summed E-state index contributed by atoms with van der Waals surface area (Å²) in [4.78, 5) is 12.5. The fourth-order valence-corrected chi connectivity index (χ4v) is 4.43. The number of rotatable bonds is 6. The molecule has 1 aliphatic carbocycles. The van der Waals surface area contributed by atoms with E-state index in [0.29, 0.717) is 6.54 Å². The lowest BCUT2D eigenvalue weighted by Gasteiger charge is -2.21. The molecule has 1 N–H and O–H groups in total. The van der Waals surface area contributed by atoms with Crippen molar-refractivity contribution in [1.29, 1.82) is 0 Å². The summed E-state index contributed by atoms with van der Waals surface area (Å²) in [5.41, 5.74) is 7.40. The second-order valence-corrected chi connectivity index (χ2v) is 8.33. The smallest absolute Gasteiger partial charge is 0.251 e. The fourth-order valence-electron chi connectivity index (χ4n) is 4.43. The van der Waals surface area contributed by atoms with E-state index in [1.54, 1.807) is 0 Å². The molecule has 1 aromatic heterocycles. The van der Waals surface area contributed by atoms with Gasteiger partial charge in [0.2, 0.25) is 0 Å². The van der Waals surface area contributed by atoms with Gasteiger partial charge in [-0.25, -0.2) is 0 Å². The molecule has 0 unspecified atom stereocenters. The molecule has 0 saturated heterocycles. The van der Waals surface area contributed by atoms with Crippen LogP contribution >= 0.6 is 0 Å². The van der Waals surface area contributed by atoms with Gasteiger partial charge in [0.05, 0.1) is 0 Å². The Morgan fingerprint density at radius 2 is 1.86 bits per heavy atom. The number of amides is 1. The molecule has 1 amide bonds. The Balaban J connectivity index is 1.37. The van der Waals surface area contributed by atoms with E-state index in [1.165, 1.54) is 35.4 Å². The number of aryl methyl sites for hydroxylation is 2. The van der Waals surface area contributed by atoms with E-state index in [0.717, 1.165) is 36.4 Å². The van der Waals surface area contributed by atoms with Crippen molar-refractivity contribution in [3.8, 4) is 5.69 Å². The van der Waals surface area contributed by atoms with Crippen LogP contribution in [0.25, 0.3) is 5.69 Å². The van der Waals surface area contributed by atoms with Crippen molar-refractivity contribution in [2.24, 2.45) is 5.92 Å². The molecule has 0 radical (unpaired) electrons. The van der Waals surface area contributed by atoms with Crippen molar-refractivity contribution in [3.05, 3.63) is 88.7 Å². The van der Waals surface area contributed by atoms with E-state index >= 15 is 0 Å². The number of nitrogens with zero attached hydrogens (tertiary/aromatic N) is 1. The molecule has 0 fully saturated rings. The third kappa shape index (κ3) is 4.45. The van der Waals surface area contributed by atoms with E-state index < -0.39 is 0 Å². The molecule has 1 atom stereocenters. The van der Waals surface area contributed by atoms with Crippen molar-refractivity contribution in [2.75, 3.05) is 6.54 Å². The normalized spacial score (nSPS) is 15.7. The Labute approximate surface area is 173 Å². The molecule has 29 heavy (non-hydrogen) atoms. The molecule has 0 spiro atoms. The lowest BCUT2D eigenvalue weighted by Crippen LogP contribution is -2.24. The zero-order chi connectivity index (χ0) is 20.2. The van der Waals surface area contributed by atoms with Gasteiger partial charge in [0.25, 0.3) is 5.91 Å². The highest BCUT2D eigenvalue weighted by Crippen LogP contribution is 2.30. The second-order valence-electron chi connectivity index (χ2n) is 8.33. The van der Waals surface area contributed by atoms with Crippen LogP contribution in [0.15, 0.2) is 60.7 Å². The summed E-state index contributed by atoms with van der Waals surface area (Å²) in [6, 6.07) is 20.8. The molecule has 150 valence electrons. The van der Waals surface area contributed by atoms with Crippen LogP contribution in [0.2, 0.25) is 0 Å². The molecular weight excluding hydrogens is 356 g/mol. The van der Waals surface area contributed by atoms with Gasteiger partial charge in [-0.05, 0) is 86.4 Å². The lowest BCUT2D eigenvalue weighted by molar-refractivity contribution is 0.0953. The predicted molar refractivity (Wildman–Crippen MR) is 119 cm³/mol. The zero-order valence-electron chi connectivity index (χ0n) is 17.4. The number of fused-ring (bicyclic) bond motifs is 1. The Hall–Kier alpha value is -2.81. The minimum Gasteiger partial charge on any atom is -0.352 e. The Morgan fingerprint density at radius 1 is 1.10 bits per heavy atom. The number of carbonyl (C=O) groups is 1. The van der Waals surface area contributed by atoms with Crippen LogP contribution < -0.4 is 5.32 Å². The standard InChI is InChI=1S/C26H30N2O/c1-19-10-15-25-23(17-19)18-20(2)28(25)24-13-11-22(12-14-24)26(29)27-16-6-9-21-7-4-3-5-8-21/h3-5,7-8,11-14,18-19H,6,9-10,15-17H2,1-2H3,(H,27,29)/t19-/m1/s1. The summed E-state index contributed by atoms with van der Waals surface area (Å²) in [6.45, 7) is 5.21. The average Bonchev–Trinajstić information content (AvgIpc) is 3.06. The van der Waals surface area contributed by atoms with Crippen molar-refractivity contribution in [3.63, 3.8) is 0 Å². The average molecular weight is 387 g/mol. The highest BCUT2D eigenvalue weighted by atomic mass is 16.1. The molecule has 1 aliphatic rings. The van der Waals surface area contributed by atoms with Gasteiger partial charge in [-0.3, -0.25) is 4.79 Å². The van der Waals surface area contributed by atoms with Gasteiger partial charge >= 0.3 is 0 Å². The first kappa shape index (κ1) is 19.5. The quantitative estimate of drug-likeness (QED) is 0.575. The van der Waals surface area contributed by atoms with Crippen molar-refractivity contribution >= 4 is 5.91 Å². The first-order valence-corrected chi connectivity index (χ1v) is 10.7. The van der Waals surface area contributed by atoms with Gasteiger partial charge in [-0.2, -0.15) is 0 Å². The van der Waals surface area contributed by atoms with E-state index in [2.05, 4.69) is 66.2 Å². The summed E-state index contributed by atoms with van der Waals surface area (Å²) < 4.78 is 2.36. The molecule has 0 bridgehead atoms. The van der Waals surface area contributed by atoms with Crippen molar-refractivity contribution in [2.45, 2.75) is 46.0 Å². The topological polar surface area (TPSA) is 34.0 Å². The Bertz CT molecular complexity index is 970. The first-order valence-electron chi connectivity index (χ1n) is 10.7. The maximum Gasteiger partial charge on any atom is 0.251 e. The zero-order valence-corrected chi connectivity index (χ0v) is 17.4. The Morgan fingerprint density at radius 3 is 2.62 bits per heavy atom. The summed E-state index contributed by atoms with van der Waals surface area (Å²) in [6.07, 6.45) is 5.48. The highest BCUT2D eigenvalue weighted by molar-refractivity contribution is 5.94. The number of nitrogens with one attached hydrogen (secondary N) is 1. The summed E-state index contributed by atoms with van der Waals surface area (Å²) in [7, 11) is 0. The van der Waals surface area contributed by atoms with Crippen molar-refractivity contribution in [1.82, 2.24) is 9.88 Å². The SMILES string of the molecule is Cc1cc2c(n1-c1ccc(C(=O)NCCCc3ccccc3)cc1)CC[C@@H](C)C2. The lowest BCUT2D eigenvalue weighted by atomic mass is 9.89. The number of benzene rings is 2. The minimum absolute atomic E-state index is 0.00435. The largest absolute Gasteiger partial charge is 0.352 e. The van der Waals surface area contributed by atoms with Gasteiger partial charge in [0, 0.05) is 29.2 Å². The first-order chi connectivity index (χ1) is 14.1. The molecule has 0 aliphatic heterocycles. The maximum absolute atomic E-state index is 12.5. The molecule has 4 rings (SSSR count). The third-order valence-corrected chi connectivity index (χ3v) is 5.98. The van der Waals surface area contributed by atoms with E-state index in [1.807, 2.05) is 18.2 Å². The van der Waals surface area contributed by atoms with Crippen LogP contribution in [-0.2, 0) is 19.3 Å². The number of aromatic nitrogens is 1. The molecule has 3 nitrogen and oxygen atoms in total. The number of hydrogen-bond donors (Lipinski definition) is 1. The highest BCUT2D eigenvalue weighted by Gasteiger charge is 2.21. The third-order valence-electron chi connectivity index (χ3n) is 5.98. The van der Waals surface area contributed by atoms with Gasteiger partial charge in [-0.15, -0.1) is 0 Å². The van der Waals surface area contributed by atoms with Crippen LogP contribution in [0.4, 0.5) is 0 Å². The van der Waals surface area contributed by atoms with E-state index in [-0.39, 0.29) is 5.91 Å². The van der Waals surface area contributed by atoms with E-state index in [9.17, 15) is 4.79 Å². The monoisotopic (exact) mass is 386 g/mol. The van der Waals surface area contributed by atoms with Crippen molar-refractivity contribution < 1.29 is 4.79 Å². The fraction of sp³-hybridized carbons (Fsp3) is 0.346. The molecule has 0 saturated carbocycles. The molecule has 3 heteroatoms. The maximum atomic E-state index is 12.5. The molecular formula is C26H30N2O.